The molecule has 0 saturated heterocycles. The van der Waals surface area contributed by atoms with E-state index in [4.69, 9.17) is 14.5 Å². The number of allylic oxidation sites excluding steroid dienone is 1. The molecule has 1 fully saturated rings. The van der Waals surface area contributed by atoms with Crippen molar-refractivity contribution in [2.24, 2.45) is 4.99 Å². The normalized spacial score (nSPS) is 20.7. The summed E-state index contributed by atoms with van der Waals surface area (Å²) in [5.74, 6) is 0.293. The largest absolute Gasteiger partial charge is 0.497 e. The Morgan fingerprint density at radius 3 is 2.70 bits per heavy atom. The molecule has 0 bridgehead atoms. The fourth-order valence-electron chi connectivity index (χ4n) is 4.73. The molecule has 1 aromatic rings. The third-order valence-electron chi connectivity index (χ3n) is 6.35. The van der Waals surface area contributed by atoms with Crippen LogP contribution in [0.2, 0.25) is 0 Å². The summed E-state index contributed by atoms with van der Waals surface area (Å²) < 4.78 is 10.6. The molecular formula is C25H31N3O4S. The minimum atomic E-state index is -0.446. The van der Waals surface area contributed by atoms with Gasteiger partial charge >= 0.3 is 5.97 Å². The lowest BCUT2D eigenvalue weighted by atomic mass is 9.92. The predicted octanol–water partition coefficient (Wildman–Crippen LogP) is 4.67. The van der Waals surface area contributed by atoms with Gasteiger partial charge in [-0.1, -0.05) is 50.1 Å². The van der Waals surface area contributed by atoms with E-state index in [1.54, 1.807) is 7.11 Å². The molecule has 8 heteroatoms. The first-order chi connectivity index (χ1) is 16.0. The first-order valence-corrected chi connectivity index (χ1v) is 12.4. The highest BCUT2D eigenvalue weighted by Gasteiger charge is 2.41. The number of carbonyl (C=O) groups is 2. The van der Waals surface area contributed by atoms with E-state index in [0.717, 1.165) is 42.1 Å². The molecule has 2 heterocycles. The average Bonchev–Trinajstić information content (AvgIpc) is 3.24. The fourth-order valence-corrected chi connectivity index (χ4v) is 5.67. The van der Waals surface area contributed by atoms with Crippen molar-refractivity contribution in [1.82, 2.24) is 10.2 Å². The second-order valence-corrected chi connectivity index (χ2v) is 9.29. The van der Waals surface area contributed by atoms with Crippen LogP contribution in [0, 0.1) is 0 Å². The average molecular weight is 470 g/mol. The predicted molar refractivity (Wildman–Crippen MR) is 130 cm³/mol. The Balaban J connectivity index is 1.67. The van der Waals surface area contributed by atoms with Crippen LogP contribution in [-0.2, 0) is 14.3 Å². The first-order valence-electron chi connectivity index (χ1n) is 11.5. The first kappa shape index (κ1) is 23.4. The molecule has 1 aromatic carbocycles. The van der Waals surface area contributed by atoms with Crippen LogP contribution in [0.5, 0.6) is 5.75 Å². The molecule has 4 rings (SSSR count). The maximum atomic E-state index is 12.9. The van der Waals surface area contributed by atoms with Gasteiger partial charge in [0.15, 0.2) is 5.17 Å². The molecule has 176 valence electrons. The van der Waals surface area contributed by atoms with Gasteiger partial charge in [-0.2, -0.15) is 0 Å². The highest BCUT2D eigenvalue weighted by Crippen LogP contribution is 2.45. The van der Waals surface area contributed by atoms with Crippen LogP contribution in [0.25, 0.3) is 0 Å². The number of esters is 1. The van der Waals surface area contributed by atoms with Crippen molar-refractivity contribution in [3.8, 4) is 5.75 Å². The van der Waals surface area contributed by atoms with E-state index in [9.17, 15) is 9.59 Å². The minimum Gasteiger partial charge on any atom is -0.497 e. The van der Waals surface area contributed by atoms with Gasteiger partial charge < -0.3 is 19.7 Å². The maximum absolute atomic E-state index is 12.9. The van der Waals surface area contributed by atoms with Gasteiger partial charge in [0.1, 0.15) is 5.75 Å². The Morgan fingerprint density at radius 1 is 1.21 bits per heavy atom. The SMILES string of the molecule is CCC1=C(C(=O)OC)[C@@H](c2cccc(OC)c2)N2C(CC(=O)NC3CCCCC3)=CSC2=N1. The van der Waals surface area contributed by atoms with Crippen LogP contribution >= 0.6 is 11.8 Å². The number of carbonyl (C=O) groups excluding carboxylic acids is 2. The van der Waals surface area contributed by atoms with Gasteiger partial charge in [0.05, 0.1) is 38.0 Å². The maximum Gasteiger partial charge on any atom is 0.338 e. The summed E-state index contributed by atoms with van der Waals surface area (Å²) in [5, 5.41) is 5.94. The van der Waals surface area contributed by atoms with Crippen LogP contribution in [-0.4, -0.2) is 42.2 Å². The van der Waals surface area contributed by atoms with E-state index in [1.165, 1.54) is 25.3 Å². The number of rotatable bonds is 7. The summed E-state index contributed by atoms with van der Waals surface area (Å²) in [4.78, 5) is 32.6. The molecule has 33 heavy (non-hydrogen) atoms. The van der Waals surface area contributed by atoms with Crippen molar-refractivity contribution >= 4 is 28.8 Å². The molecule has 1 amide bonds. The number of methoxy groups -OCH3 is 2. The van der Waals surface area contributed by atoms with Crippen molar-refractivity contribution in [2.75, 3.05) is 14.2 Å². The number of amides is 1. The molecule has 0 aromatic heterocycles. The molecule has 0 unspecified atom stereocenters. The summed E-state index contributed by atoms with van der Waals surface area (Å²) in [6.45, 7) is 1.98. The van der Waals surface area contributed by atoms with E-state index in [-0.39, 0.29) is 18.4 Å². The monoisotopic (exact) mass is 469 g/mol. The zero-order valence-corrected chi connectivity index (χ0v) is 20.2. The number of aliphatic imine (C=N–C) groups is 1. The van der Waals surface area contributed by atoms with Crippen LogP contribution < -0.4 is 10.1 Å². The topological polar surface area (TPSA) is 80.2 Å². The van der Waals surface area contributed by atoms with E-state index in [0.29, 0.717) is 23.4 Å². The Bertz CT molecular complexity index is 1010. The van der Waals surface area contributed by atoms with E-state index in [1.807, 2.05) is 41.5 Å². The van der Waals surface area contributed by atoms with Gasteiger partial charge in [0.2, 0.25) is 5.91 Å². The number of hydrogen-bond acceptors (Lipinski definition) is 7. The van der Waals surface area contributed by atoms with Crippen LogP contribution in [0.4, 0.5) is 0 Å². The molecular weight excluding hydrogens is 438 g/mol. The lowest BCUT2D eigenvalue weighted by Crippen LogP contribution is -2.40. The highest BCUT2D eigenvalue weighted by atomic mass is 32.2. The van der Waals surface area contributed by atoms with Crippen molar-refractivity contribution in [1.29, 1.82) is 0 Å². The highest BCUT2D eigenvalue weighted by molar-refractivity contribution is 8.16. The molecule has 3 aliphatic rings. The second kappa shape index (κ2) is 10.5. The summed E-state index contributed by atoms with van der Waals surface area (Å²) in [5.41, 5.74) is 2.92. The number of hydrogen-bond donors (Lipinski definition) is 1. The van der Waals surface area contributed by atoms with E-state index >= 15 is 0 Å². The Kier molecular flexibility index (Phi) is 7.42. The number of benzene rings is 1. The molecule has 2 aliphatic heterocycles. The Labute approximate surface area is 199 Å². The molecule has 0 radical (unpaired) electrons. The molecule has 1 atom stereocenters. The van der Waals surface area contributed by atoms with Crippen LogP contribution in [0.15, 0.2) is 51.6 Å². The number of ether oxygens (including phenoxy) is 2. The van der Waals surface area contributed by atoms with E-state index in [2.05, 4.69) is 5.32 Å². The zero-order valence-electron chi connectivity index (χ0n) is 19.4. The summed E-state index contributed by atoms with van der Waals surface area (Å²) in [6.07, 6.45) is 6.48. The van der Waals surface area contributed by atoms with Gasteiger partial charge in [-0.25, -0.2) is 9.79 Å². The number of fused-ring (bicyclic) bond motifs is 1. The fraction of sp³-hybridized carbons (Fsp3) is 0.480. The van der Waals surface area contributed by atoms with Gasteiger partial charge in [0.25, 0.3) is 0 Å². The Morgan fingerprint density at radius 2 is 2.00 bits per heavy atom. The summed E-state index contributed by atoms with van der Waals surface area (Å²) in [6, 6.07) is 7.47. The minimum absolute atomic E-state index is 0.00396. The second-order valence-electron chi connectivity index (χ2n) is 8.46. The third kappa shape index (κ3) is 4.95. The quantitative estimate of drug-likeness (QED) is 0.585. The van der Waals surface area contributed by atoms with Crippen molar-refractivity contribution < 1.29 is 19.1 Å². The van der Waals surface area contributed by atoms with Gasteiger partial charge in [0, 0.05) is 11.7 Å². The standard InChI is InChI=1S/C25H31N3O4S/c1-4-20-22(24(30)32-3)23(16-9-8-12-19(13-16)31-2)28-18(15-33-25(28)27-20)14-21(29)26-17-10-6-5-7-11-17/h8-9,12-13,15,17,23H,4-7,10-11,14H2,1-3H3,(H,26,29)/t23-/m1/s1. The molecule has 0 spiro atoms. The lowest BCUT2D eigenvalue weighted by molar-refractivity contribution is -0.136. The van der Waals surface area contributed by atoms with Gasteiger partial charge in [-0.05, 0) is 42.4 Å². The zero-order chi connectivity index (χ0) is 23.4. The number of amidine groups is 1. The third-order valence-corrected chi connectivity index (χ3v) is 7.24. The summed E-state index contributed by atoms with van der Waals surface area (Å²) in [7, 11) is 3.01. The van der Waals surface area contributed by atoms with Gasteiger partial charge in [-0.15, -0.1) is 0 Å². The van der Waals surface area contributed by atoms with Crippen LogP contribution in [0.3, 0.4) is 0 Å². The lowest BCUT2D eigenvalue weighted by Gasteiger charge is -2.36. The molecule has 1 aliphatic carbocycles. The summed E-state index contributed by atoms with van der Waals surface area (Å²) >= 11 is 1.49. The number of nitrogens with one attached hydrogen (secondary N) is 1. The van der Waals surface area contributed by atoms with Crippen molar-refractivity contribution in [3.63, 3.8) is 0 Å². The van der Waals surface area contributed by atoms with E-state index < -0.39 is 12.0 Å². The van der Waals surface area contributed by atoms with Crippen molar-refractivity contribution in [3.05, 3.63) is 52.2 Å². The van der Waals surface area contributed by atoms with Crippen LogP contribution in [0.1, 0.15) is 63.5 Å². The molecule has 7 nitrogen and oxygen atoms in total. The molecule has 1 saturated carbocycles. The van der Waals surface area contributed by atoms with Crippen molar-refractivity contribution in [2.45, 2.75) is 64.0 Å². The number of nitrogens with zero attached hydrogens (tertiary/aromatic N) is 2. The Hall–Kier alpha value is -2.74. The molecule has 1 N–H and O–H groups in total. The van der Waals surface area contributed by atoms with Gasteiger partial charge in [-0.3, -0.25) is 4.79 Å². The number of thioether (sulfide) groups is 1. The smallest absolute Gasteiger partial charge is 0.338 e.